The van der Waals surface area contributed by atoms with E-state index in [0.29, 0.717) is 12.2 Å². The number of hydrogen-bond acceptors (Lipinski definition) is 4. The number of nitrogens with one attached hydrogen (secondary N) is 2. The standard InChI is InChI=1S/C25H24FN3O4/c1-3-27-23(30)21-13-18-17-7-5-6-8-20(17)28-22(18)19(25(32)33-4-2)14-29(21)24(31)15-9-11-16(26)12-10-15/h5-12,14,21,28H,3-4,13H2,1-2H3,(H,27,30). The number of hydrogen-bond donors (Lipinski definition) is 2. The van der Waals surface area contributed by atoms with Gasteiger partial charge in [0, 0.05) is 35.6 Å². The first-order valence-corrected chi connectivity index (χ1v) is 10.8. The van der Waals surface area contributed by atoms with Crippen LogP contribution in [0.3, 0.4) is 0 Å². The van der Waals surface area contributed by atoms with E-state index in [9.17, 15) is 18.8 Å². The van der Waals surface area contributed by atoms with Crippen LogP contribution in [0.5, 0.6) is 0 Å². The highest BCUT2D eigenvalue weighted by Gasteiger charge is 2.36. The Morgan fingerprint density at radius 3 is 2.55 bits per heavy atom. The molecule has 1 aliphatic rings. The average molecular weight is 449 g/mol. The summed E-state index contributed by atoms with van der Waals surface area (Å²) in [4.78, 5) is 44.0. The Morgan fingerprint density at radius 2 is 1.85 bits per heavy atom. The summed E-state index contributed by atoms with van der Waals surface area (Å²) >= 11 is 0. The summed E-state index contributed by atoms with van der Waals surface area (Å²) in [5.74, 6) is -1.97. The molecule has 0 saturated carbocycles. The summed E-state index contributed by atoms with van der Waals surface area (Å²) in [6, 6.07) is 11.7. The molecular formula is C25H24FN3O4. The van der Waals surface area contributed by atoms with Gasteiger partial charge in [-0.25, -0.2) is 9.18 Å². The Kier molecular flexibility index (Phi) is 6.26. The molecular weight excluding hydrogens is 425 g/mol. The number of amides is 2. The smallest absolute Gasteiger partial charge is 0.341 e. The highest BCUT2D eigenvalue weighted by molar-refractivity contribution is 6.18. The van der Waals surface area contributed by atoms with E-state index in [2.05, 4.69) is 10.3 Å². The first-order chi connectivity index (χ1) is 15.9. The highest BCUT2D eigenvalue weighted by Crippen LogP contribution is 2.34. The molecule has 1 aliphatic heterocycles. The molecule has 2 heterocycles. The first-order valence-electron chi connectivity index (χ1n) is 10.8. The number of nitrogens with zero attached hydrogens (tertiary/aromatic N) is 1. The zero-order valence-electron chi connectivity index (χ0n) is 18.4. The van der Waals surface area contributed by atoms with Gasteiger partial charge in [-0.2, -0.15) is 0 Å². The number of likely N-dealkylation sites (N-methyl/N-ethyl adjacent to an activating group) is 1. The third kappa shape index (κ3) is 4.24. The van der Waals surface area contributed by atoms with Crippen LogP contribution < -0.4 is 5.32 Å². The van der Waals surface area contributed by atoms with E-state index in [1.54, 1.807) is 13.8 Å². The van der Waals surface area contributed by atoms with Gasteiger partial charge in [-0.05, 0) is 49.7 Å². The lowest BCUT2D eigenvalue weighted by Crippen LogP contribution is -2.48. The number of aromatic nitrogens is 1. The van der Waals surface area contributed by atoms with Crippen LogP contribution in [-0.2, 0) is 20.7 Å². The van der Waals surface area contributed by atoms with E-state index in [1.807, 2.05) is 24.3 Å². The molecule has 0 radical (unpaired) electrons. The Labute approximate surface area is 190 Å². The van der Waals surface area contributed by atoms with Crippen LogP contribution in [0.4, 0.5) is 4.39 Å². The van der Waals surface area contributed by atoms with Gasteiger partial charge in [-0.3, -0.25) is 9.59 Å². The summed E-state index contributed by atoms with van der Waals surface area (Å²) in [5.41, 5.74) is 2.41. The van der Waals surface area contributed by atoms with E-state index < -0.39 is 23.7 Å². The number of fused-ring (bicyclic) bond motifs is 3. The number of halogens is 1. The Hall–Kier alpha value is -3.94. The predicted octanol–water partition coefficient (Wildman–Crippen LogP) is 3.41. The third-order valence-electron chi connectivity index (χ3n) is 5.56. The molecule has 7 nitrogen and oxygen atoms in total. The van der Waals surface area contributed by atoms with Crippen molar-refractivity contribution in [2.45, 2.75) is 26.3 Å². The van der Waals surface area contributed by atoms with Crippen molar-refractivity contribution >= 4 is 34.3 Å². The Balaban J connectivity index is 1.91. The van der Waals surface area contributed by atoms with Gasteiger partial charge in [-0.1, -0.05) is 18.2 Å². The molecule has 0 saturated heterocycles. The van der Waals surface area contributed by atoms with Crippen molar-refractivity contribution in [3.63, 3.8) is 0 Å². The monoisotopic (exact) mass is 449 g/mol. The molecule has 0 spiro atoms. The fourth-order valence-electron chi connectivity index (χ4n) is 4.04. The molecule has 170 valence electrons. The summed E-state index contributed by atoms with van der Waals surface area (Å²) in [5, 5.41) is 3.63. The summed E-state index contributed by atoms with van der Waals surface area (Å²) in [6.07, 6.45) is 1.54. The van der Waals surface area contributed by atoms with Crippen LogP contribution in [0.1, 0.15) is 35.5 Å². The SMILES string of the molecule is CCNC(=O)C1Cc2c([nH]c3ccccc23)C(C(=O)OCC)=CN1C(=O)c1ccc(F)cc1. The van der Waals surface area contributed by atoms with Crippen LogP contribution >= 0.6 is 0 Å². The minimum Gasteiger partial charge on any atom is -0.462 e. The maximum atomic E-state index is 13.5. The zero-order valence-corrected chi connectivity index (χ0v) is 18.4. The second-order valence-electron chi connectivity index (χ2n) is 7.62. The van der Waals surface area contributed by atoms with E-state index >= 15 is 0 Å². The number of esters is 1. The molecule has 1 unspecified atom stereocenters. The number of H-pyrrole nitrogens is 1. The molecule has 0 fully saturated rings. The molecule has 8 heteroatoms. The van der Waals surface area contributed by atoms with Gasteiger partial charge < -0.3 is 19.9 Å². The largest absolute Gasteiger partial charge is 0.462 e. The van der Waals surface area contributed by atoms with E-state index in [1.165, 1.54) is 35.4 Å². The average Bonchev–Trinajstić information content (AvgIpc) is 3.07. The molecule has 3 aromatic rings. The first kappa shape index (κ1) is 22.3. The van der Waals surface area contributed by atoms with E-state index in [0.717, 1.165) is 16.5 Å². The number of carbonyl (C=O) groups is 3. The summed E-state index contributed by atoms with van der Waals surface area (Å²) < 4.78 is 18.7. The lowest BCUT2D eigenvalue weighted by Gasteiger charge is -2.27. The molecule has 1 aromatic heterocycles. The van der Waals surface area contributed by atoms with Crippen molar-refractivity contribution < 1.29 is 23.5 Å². The Morgan fingerprint density at radius 1 is 1.12 bits per heavy atom. The molecule has 4 rings (SSSR count). The number of para-hydroxylation sites is 1. The van der Waals surface area contributed by atoms with Gasteiger partial charge in [0.2, 0.25) is 5.91 Å². The second kappa shape index (κ2) is 9.28. The molecule has 2 amide bonds. The van der Waals surface area contributed by atoms with Crippen LogP contribution in [0.2, 0.25) is 0 Å². The molecule has 33 heavy (non-hydrogen) atoms. The number of ether oxygens (including phenoxy) is 1. The van der Waals surface area contributed by atoms with Crippen LogP contribution in [0, 0.1) is 5.82 Å². The molecule has 1 atom stereocenters. The molecule has 2 N–H and O–H groups in total. The quantitative estimate of drug-likeness (QED) is 0.584. The van der Waals surface area contributed by atoms with Crippen molar-refractivity contribution in [1.82, 2.24) is 15.2 Å². The van der Waals surface area contributed by atoms with Gasteiger partial charge >= 0.3 is 5.97 Å². The maximum Gasteiger partial charge on any atom is 0.341 e. The lowest BCUT2D eigenvalue weighted by atomic mass is 9.99. The van der Waals surface area contributed by atoms with Crippen LogP contribution in [0.25, 0.3) is 16.5 Å². The minimum atomic E-state index is -0.924. The number of benzene rings is 2. The second-order valence-corrected chi connectivity index (χ2v) is 7.62. The normalized spacial score (nSPS) is 15.4. The maximum absolute atomic E-state index is 13.5. The van der Waals surface area contributed by atoms with Crippen LogP contribution in [0.15, 0.2) is 54.7 Å². The third-order valence-corrected chi connectivity index (χ3v) is 5.56. The fourth-order valence-corrected chi connectivity index (χ4v) is 4.04. The van der Waals surface area contributed by atoms with Gasteiger partial charge in [0.05, 0.1) is 17.9 Å². The highest BCUT2D eigenvalue weighted by atomic mass is 19.1. The summed E-state index contributed by atoms with van der Waals surface area (Å²) in [6.45, 7) is 4.01. The minimum absolute atomic E-state index is 0.144. The van der Waals surface area contributed by atoms with Gasteiger partial charge in [-0.15, -0.1) is 0 Å². The number of aromatic amines is 1. The predicted molar refractivity (Wildman–Crippen MR) is 122 cm³/mol. The van der Waals surface area contributed by atoms with E-state index in [-0.39, 0.29) is 30.1 Å². The van der Waals surface area contributed by atoms with Crippen molar-refractivity contribution in [2.24, 2.45) is 0 Å². The molecule has 0 aliphatic carbocycles. The fraction of sp³-hybridized carbons (Fsp3) is 0.240. The topological polar surface area (TPSA) is 91.5 Å². The van der Waals surface area contributed by atoms with Crippen molar-refractivity contribution in [3.05, 3.63) is 77.4 Å². The van der Waals surface area contributed by atoms with E-state index in [4.69, 9.17) is 4.74 Å². The lowest BCUT2D eigenvalue weighted by molar-refractivity contribution is -0.136. The Bertz CT molecular complexity index is 1250. The van der Waals surface area contributed by atoms with Crippen molar-refractivity contribution in [2.75, 3.05) is 13.2 Å². The number of rotatable bonds is 5. The van der Waals surface area contributed by atoms with Crippen molar-refractivity contribution in [1.29, 1.82) is 0 Å². The number of carbonyl (C=O) groups excluding carboxylic acids is 3. The van der Waals surface area contributed by atoms with Crippen LogP contribution in [-0.4, -0.2) is 46.9 Å². The molecule has 0 bridgehead atoms. The van der Waals surface area contributed by atoms with Gasteiger partial charge in [0.15, 0.2) is 0 Å². The van der Waals surface area contributed by atoms with Crippen molar-refractivity contribution in [3.8, 4) is 0 Å². The molecule has 2 aromatic carbocycles. The summed E-state index contributed by atoms with van der Waals surface area (Å²) in [7, 11) is 0. The van der Waals surface area contributed by atoms with Gasteiger partial charge in [0.25, 0.3) is 5.91 Å². The van der Waals surface area contributed by atoms with Gasteiger partial charge in [0.1, 0.15) is 11.9 Å². The zero-order chi connectivity index (χ0) is 23.5.